The van der Waals surface area contributed by atoms with E-state index >= 15 is 0 Å². The van der Waals surface area contributed by atoms with Crippen molar-refractivity contribution in [2.24, 2.45) is 0 Å². The lowest BCUT2D eigenvalue weighted by atomic mass is 9.96. The molecule has 0 aliphatic heterocycles. The number of anilines is 1. The summed E-state index contributed by atoms with van der Waals surface area (Å²) in [6.07, 6.45) is 4.07. The summed E-state index contributed by atoms with van der Waals surface area (Å²) >= 11 is 0. The Morgan fingerprint density at radius 1 is 1.12 bits per heavy atom. The van der Waals surface area contributed by atoms with Crippen molar-refractivity contribution in [1.29, 1.82) is 0 Å². The molecule has 1 aromatic heterocycles. The smallest absolute Gasteiger partial charge is 0.344 e. The van der Waals surface area contributed by atoms with Crippen LogP contribution in [0.5, 0.6) is 5.75 Å². The number of nitrogens with one attached hydrogen (secondary N) is 1. The van der Waals surface area contributed by atoms with Gasteiger partial charge in [0.2, 0.25) is 5.82 Å². The number of ether oxygens (including phenoxy) is 2. The molecule has 4 rings (SSSR count). The fourth-order valence-corrected chi connectivity index (χ4v) is 3.59. The molecule has 0 saturated heterocycles. The van der Waals surface area contributed by atoms with Crippen molar-refractivity contribution in [3.8, 4) is 5.75 Å². The third-order valence-corrected chi connectivity index (χ3v) is 5.07. The lowest BCUT2D eigenvalue weighted by Crippen LogP contribution is -2.23. The maximum atomic E-state index is 13.3. The van der Waals surface area contributed by atoms with Gasteiger partial charge in [0.25, 0.3) is 5.91 Å². The molecule has 10 heteroatoms. The zero-order valence-electron chi connectivity index (χ0n) is 16.9. The fourth-order valence-electron chi connectivity index (χ4n) is 3.59. The van der Waals surface area contributed by atoms with Gasteiger partial charge in [0.05, 0.1) is 4.92 Å². The predicted octanol–water partition coefficient (Wildman–Crippen LogP) is 3.92. The molecule has 0 atom stereocenters. The highest BCUT2D eigenvalue weighted by atomic mass is 19.1. The van der Waals surface area contributed by atoms with E-state index < -0.39 is 41.5 Å². The van der Waals surface area contributed by atoms with Crippen molar-refractivity contribution >= 4 is 34.2 Å². The number of amides is 1. The molecule has 2 aromatic carbocycles. The minimum atomic E-state index is -1.02. The minimum Gasteiger partial charge on any atom is -0.482 e. The van der Waals surface area contributed by atoms with Gasteiger partial charge in [-0.25, -0.2) is 4.79 Å². The SMILES string of the molecule is O=C(COC(=O)COc1ccc2oc3c(c2c1)CCCC3)Nc1ccc(F)c([N+](=O)[O-])c1. The Hall–Kier alpha value is -3.95. The molecule has 1 N–H and O–H groups in total. The number of hydrogen-bond acceptors (Lipinski definition) is 7. The molecule has 0 saturated carbocycles. The highest BCUT2D eigenvalue weighted by molar-refractivity contribution is 5.93. The number of nitro benzene ring substituents is 1. The largest absolute Gasteiger partial charge is 0.482 e. The van der Waals surface area contributed by atoms with Gasteiger partial charge in [0.15, 0.2) is 13.2 Å². The van der Waals surface area contributed by atoms with Gasteiger partial charge in [0, 0.05) is 29.1 Å². The number of carbonyl (C=O) groups excluding carboxylic acids is 2. The van der Waals surface area contributed by atoms with Crippen LogP contribution in [0.3, 0.4) is 0 Å². The number of benzene rings is 2. The molecule has 0 fully saturated rings. The Balaban J connectivity index is 1.28. The van der Waals surface area contributed by atoms with E-state index in [0.717, 1.165) is 60.6 Å². The molecule has 0 unspecified atom stereocenters. The van der Waals surface area contributed by atoms with Crippen molar-refractivity contribution in [3.63, 3.8) is 0 Å². The van der Waals surface area contributed by atoms with Crippen LogP contribution in [0.4, 0.5) is 15.8 Å². The van der Waals surface area contributed by atoms with Crippen LogP contribution in [-0.2, 0) is 27.2 Å². The molecule has 0 spiro atoms. The number of furan rings is 1. The molecular formula is C22H19FN2O7. The summed E-state index contributed by atoms with van der Waals surface area (Å²) in [6.45, 7) is -1.03. The first-order valence-electron chi connectivity index (χ1n) is 9.97. The second-order valence-electron chi connectivity index (χ2n) is 7.29. The quantitative estimate of drug-likeness (QED) is 0.334. The Morgan fingerprint density at radius 2 is 1.94 bits per heavy atom. The second kappa shape index (κ2) is 9.04. The number of halogens is 1. The Labute approximate surface area is 181 Å². The molecule has 1 heterocycles. The number of hydrogen-bond donors (Lipinski definition) is 1. The zero-order valence-corrected chi connectivity index (χ0v) is 16.9. The summed E-state index contributed by atoms with van der Waals surface area (Å²) in [5.74, 6) is -1.04. The van der Waals surface area contributed by atoms with Gasteiger partial charge in [-0.05, 0) is 49.6 Å². The van der Waals surface area contributed by atoms with Gasteiger partial charge in [-0.1, -0.05) is 0 Å². The fraction of sp³-hybridized carbons (Fsp3) is 0.273. The summed E-state index contributed by atoms with van der Waals surface area (Å²) in [5.41, 5.74) is 1.19. The number of aryl methyl sites for hydroxylation is 2. The first-order valence-corrected chi connectivity index (χ1v) is 9.97. The Kier molecular flexibility index (Phi) is 6.02. The van der Waals surface area contributed by atoms with Gasteiger partial charge < -0.3 is 19.2 Å². The van der Waals surface area contributed by atoms with Crippen LogP contribution in [0.1, 0.15) is 24.2 Å². The molecule has 1 aliphatic rings. The number of carbonyl (C=O) groups is 2. The number of nitro groups is 1. The van der Waals surface area contributed by atoms with E-state index in [9.17, 15) is 24.1 Å². The monoisotopic (exact) mass is 442 g/mol. The Bertz CT molecular complexity index is 1200. The average Bonchev–Trinajstić information content (AvgIpc) is 3.15. The van der Waals surface area contributed by atoms with Gasteiger partial charge in [-0.2, -0.15) is 4.39 Å². The molecule has 0 radical (unpaired) electrons. The van der Waals surface area contributed by atoms with Gasteiger partial charge in [0.1, 0.15) is 17.1 Å². The third-order valence-electron chi connectivity index (χ3n) is 5.07. The standard InChI is InChI=1S/C22H19FN2O7/c23-17-7-5-13(9-18(17)25(28)29)24-21(26)11-31-22(27)12-30-14-6-8-20-16(10-14)15-3-1-2-4-19(15)32-20/h5-10H,1-4,11-12H2,(H,24,26). The number of fused-ring (bicyclic) bond motifs is 3. The maximum Gasteiger partial charge on any atom is 0.344 e. The lowest BCUT2D eigenvalue weighted by molar-refractivity contribution is -0.387. The number of rotatable bonds is 7. The van der Waals surface area contributed by atoms with E-state index in [1.54, 1.807) is 12.1 Å². The van der Waals surface area contributed by atoms with E-state index in [1.165, 1.54) is 5.56 Å². The highest BCUT2D eigenvalue weighted by Gasteiger charge is 2.19. The summed E-state index contributed by atoms with van der Waals surface area (Å²) in [5, 5.41) is 14.0. The van der Waals surface area contributed by atoms with Gasteiger partial charge >= 0.3 is 11.7 Å². The van der Waals surface area contributed by atoms with Crippen molar-refractivity contribution in [3.05, 3.63) is 63.7 Å². The van der Waals surface area contributed by atoms with Crippen LogP contribution in [0.15, 0.2) is 40.8 Å². The van der Waals surface area contributed by atoms with Crippen LogP contribution in [0, 0.1) is 15.9 Å². The van der Waals surface area contributed by atoms with Crippen LogP contribution in [0.2, 0.25) is 0 Å². The normalized spacial score (nSPS) is 12.8. The molecule has 0 bridgehead atoms. The van der Waals surface area contributed by atoms with Crippen LogP contribution < -0.4 is 10.1 Å². The number of esters is 1. The van der Waals surface area contributed by atoms with Gasteiger partial charge in [-0.15, -0.1) is 0 Å². The molecule has 166 valence electrons. The number of nitrogens with zero attached hydrogens (tertiary/aromatic N) is 1. The van der Waals surface area contributed by atoms with E-state index in [-0.39, 0.29) is 5.69 Å². The maximum absolute atomic E-state index is 13.3. The van der Waals surface area contributed by atoms with E-state index in [0.29, 0.717) is 5.75 Å². The highest BCUT2D eigenvalue weighted by Crippen LogP contribution is 2.34. The summed E-state index contributed by atoms with van der Waals surface area (Å²) in [7, 11) is 0. The molecule has 3 aromatic rings. The second-order valence-corrected chi connectivity index (χ2v) is 7.29. The lowest BCUT2D eigenvalue weighted by Gasteiger charge is -2.09. The molecule has 1 aliphatic carbocycles. The van der Waals surface area contributed by atoms with Crippen LogP contribution >= 0.6 is 0 Å². The topological polar surface area (TPSA) is 121 Å². The minimum absolute atomic E-state index is 0.00662. The van der Waals surface area contributed by atoms with Crippen molar-refractivity contribution < 1.29 is 32.8 Å². The first kappa shape index (κ1) is 21.3. The van der Waals surface area contributed by atoms with Crippen molar-refractivity contribution in [1.82, 2.24) is 0 Å². The first-order chi connectivity index (χ1) is 15.4. The van der Waals surface area contributed by atoms with E-state index in [4.69, 9.17) is 13.9 Å². The van der Waals surface area contributed by atoms with Crippen LogP contribution in [0.25, 0.3) is 11.0 Å². The summed E-state index contributed by atoms with van der Waals surface area (Å²) in [6, 6.07) is 8.22. The predicted molar refractivity (Wildman–Crippen MR) is 111 cm³/mol. The third kappa shape index (κ3) is 4.69. The van der Waals surface area contributed by atoms with E-state index in [2.05, 4.69) is 5.32 Å². The summed E-state index contributed by atoms with van der Waals surface area (Å²) < 4.78 is 29.5. The van der Waals surface area contributed by atoms with E-state index in [1.807, 2.05) is 6.07 Å². The summed E-state index contributed by atoms with van der Waals surface area (Å²) in [4.78, 5) is 33.7. The Morgan fingerprint density at radius 3 is 2.75 bits per heavy atom. The molecular weight excluding hydrogens is 423 g/mol. The average molecular weight is 442 g/mol. The van der Waals surface area contributed by atoms with Crippen molar-refractivity contribution in [2.45, 2.75) is 25.7 Å². The van der Waals surface area contributed by atoms with Gasteiger partial charge in [-0.3, -0.25) is 14.9 Å². The molecule has 1 amide bonds. The molecule has 32 heavy (non-hydrogen) atoms. The van der Waals surface area contributed by atoms with Crippen LogP contribution in [-0.4, -0.2) is 30.0 Å². The van der Waals surface area contributed by atoms with Crippen molar-refractivity contribution in [2.75, 3.05) is 18.5 Å². The zero-order chi connectivity index (χ0) is 22.7. The molecule has 9 nitrogen and oxygen atoms in total.